The second-order valence-electron chi connectivity index (χ2n) is 4.24. The van der Waals surface area contributed by atoms with E-state index in [1.165, 1.54) is 6.08 Å². The first-order valence-corrected chi connectivity index (χ1v) is 7.91. The van der Waals surface area contributed by atoms with Gasteiger partial charge < -0.3 is 4.57 Å². The van der Waals surface area contributed by atoms with E-state index in [0.717, 1.165) is 0 Å². The van der Waals surface area contributed by atoms with E-state index < -0.39 is 7.14 Å². The molecule has 19 heavy (non-hydrogen) atoms. The van der Waals surface area contributed by atoms with Crippen LogP contribution in [0.25, 0.3) is 0 Å². The fraction of sp³-hybridized carbons (Fsp3) is 0.0625. The largest absolute Gasteiger partial charge is 0.313 e. The average Bonchev–Trinajstić information content (AvgIpc) is 2.48. The van der Waals surface area contributed by atoms with Crippen molar-refractivity contribution in [3.05, 3.63) is 73.3 Å². The minimum absolute atomic E-state index is 0.00940. The molecule has 3 heteroatoms. The van der Waals surface area contributed by atoms with Crippen LogP contribution in [0.1, 0.15) is 0 Å². The summed E-state index contributed by atoms with van der Waals surface area (Å²) in [7, 11) is -2.92. The summed E-state index contributed by atoms with van der Waals surface area (Å²) in [4.78, 5) is 11.7. The van der Waals surface area contributed by atoms with Crippen molar-refractivity contribution in [1.29, 1.82) is 0 Å². The highest BCUT2D eigenvalue weighted by Crippen LogP contribution is 2.43. The Morgan fingerprint density at radius 1 is 0.947 bits per heavy atom. The normalized spacial score (nSPS) is 10.9. The van der Waals surface area contributed by atoms with E-state index in [1.807, 2.05) is 60.7 Å². The lowest BCUT2D eigenvalue weighted by Gasteiger charge is -2.17. The summed E-state index contributed by atoms with van der Waals surface area (Å²) < 4.78 is 13.3. The molecule has 0 aromatic heterocycles. The van der Waals surface area contributed by atoms with Gasteiger partial charge in [-0.25, -0.2) is 0 Å². The number of benzene rings is 2. The summed E-state index contributed by atoms with van der Waals surface area (Å²) >= 11 is 0. The zero-order chi connectivity index (χ0) is 13.7. The smallest absolute Gasteiger partial charge is 0.163 e. The van der Waals surface area contributed by atoms with Crippen molar-refractivity contribution < 1.29 is 9.36 Å². The van der Waals surface area contributed by atoms with E-state index in [-0.39, 0.29) is 11.9 Å². The van der Waals surface area contributed by atoms with E-state index in [9.17, 15) is 9.36 Å². The molecule has 0 unspecified atom stereocenters. The summed E-state index contributed by atoms with van der Waals surface area (Å²) in [5.41, 5.74) is 0. The molecular formula is C16H15O2P. The van der Waals surface area contributed by atoms with E-state index in [0.29, 0.717) is 10.6 Å². The number of rotatable bonds is 5. The minimum atomic E-state index is -2.92. The number of hydrogen-bond donors (Lipinski definition) is 0. The van der Waals surface area contributed by atoms with Gasteiger partial charge in [-0.1, -0.05) is 67.2 Å². The summed E-state index contributed by atoms with van der Waals surface area (Å²) in [5.74, 6) is -0.198. The fourth-order valence-corrected chi connectivity index (χ4v) is 4.49. The van der Waals surface area contributed by atoms with Gasteiger partial charge in [0.1, 0.15) is 0 Å². The Labute approximate surface area is 113 Å². The minimum Gasteiger partial charge on any atom is -0.313 e. The molecule has 0 aliphatic heterocycles. The highest BCUT2D eigenvalue weighted by atomic mass is 31.2. The Hall–Kier alpha value is -1.92. The summed E-state index contributed by atoms with van der Waals surface area (Å²) in [6.45, 7) is 3.46. The van der Waals surface area contributed by atoms with Crippen molar-refractivity contribution in [3.8, 4) is 0 Å². The zero-order valence-corrected chi connectivity index (χ0v) is 11.4. The second kappa shape index (κ2) is 5.81. The number of allylic oxidation sites excluding steroid dienone is 1. The van der Waals surface area contributed by atoms with Crippen LogP contribution in [-0.2, 0) is 9.36 Å². The Morgan fingerprint density at radius 3 is 1.74 bits per heavy atom. The molecule has 0 radical (unpaired) electrons. The van der Waals surface area contributed by atoms with Gasteiger partial charge >= 0.3 is 0 Å². The zero-order valence-electron chi connectivity index (χ0n) is 10.5. The summed E-state index contributed by atoms with van der Waals surface area (Å²) in [6, 6.07) is 18.3. The third-order valence-electron chi connectivity index (χ3n) is 2.95. The fourth-order valence-electron chi connectivity index (χ4n) is 1.95. The molecule has 0 bridgehead atoms. The summed E-state index contributed by atoms with van der Waals surface area (Å²) in [5, 5.41) is 1.41. The molecule has 2 rings (SSSR count). The van der Waals surface area contributed by atoms with Crippen LogP contribution < -0.4 is 10.6 Å². The van der Waals surface area contributed by atoms with Crippen molar-refractivity contribution in [2.75, 3.05) is 6.16 Å². The van der Waals surface area contributed by atoms with Crippen LogP contribution in [0.2, 0.25) is 0 Å². The second-order valence-corrected chi connectivity index (χ2v) is 7.07. The van der Waals surface area contributed by atoms with Crippen molar-refractivity contribution in [2.24, 2.45) is 0 Å². The monoisotopic (exact) mass is 270 g/mol. The van der Waals surface area contributed by atoms with Gasteiger partial charge in [-0.15, -0.1) is 0 Å². The van der Waals surface area contributed by atoms with E-state index >= 15 is 0 Å². The molecule has 0 saturated heterocycles. The standard InChI is InChI=1S/C16H15O2P/c1-2-14(17)13-19(18,15-9-5-3-6-10-15)16-11-7-4-8-12-16/h2-12H,1,13H2. The molecule has 0 spiro atoms. The predicted octanol–water partition coefficient (Wildman–Crippen LogP) is 2.76. The molecule has 0 saturated carbocycles. The molecule has 2 aromatic rings. The molecule has 0 fully saturated rings. The van der Waals surface area contributed by atoms with Crippen molar-refractivity contribution in [2.45, 2.75) is 0 Å². The van der Waals surface area contributed by atoms with Crippen LogP contribution in [0, 0.1) is 0 Å². The van der Waals surface area contributed by atoms with Crippen molar-refractivity contribution in [3.63, 3.8) is 0 Å². The SMILES string of the molecule is C=CC(=O)CP(=O)(c1ccccc1)c1ccccc1. The van der Waals surface area contributed by atoms with Gasteiger partial charge in [-0.3, -0.25) is 4.79 Å². The highest BCUT2D eigenvalue weighted by Gasteiger charge is 2.28. The highest BCUT2D eigenvalue weighted by molar-refractivity contribution is 7.79. The maximum absolute atomic E-state index is 13.3. The number of carbonyl (C=O) groups is 1. The van der Waals surface area contributed by atoms with Gasteiger partial charge in [0.25, 0.3) is 0 Å². The van der Waals surface area contributed by atoms with Crippen LogP contribution >= 0.6 is 7.14 Å². The first-order chi connectivity index (χ1) is 9.16. The maximum atomic E-state index is 13.3. The lowest BCUT2D eigenvalue weighted by molar-refractivity contribution is -0.112. The molecule has 0 amide bonds. The van der Waals surface area contributed by atoms with Crippen LogP contribution in [0.4, 0.5) is 0 Å². The Bertz CT molecular complexity index is 574. The van der Waals surface area contributed by atoms with Crippen LogP contribution in [-0.4, -0.2) is 11.9 Å². The Morgan fingerprint density at radius 2 is 1.37 bits per heavy atom. The van der Waals surface area contributed by atoms with Crippen LogP contribution in [0.5, 0.6) is 0 Å². The van der Waals surface area contributed by atoms with Gasteiger partial charge in [0.15, 0.2) is 12.9 Å². The number of carbonyl (C=O) groups excluding carboxylic acids is 1. The van der Waals surface area contributed by atoms with Gasteiger partial charge in [-0.05, 0) is 6.08 Å². The van der Waals surface area contributed by atoms with E-state index in [4.69, 9.17) is 0 Å². The van der Waals surface area contributed by atoms with Crippen LogP contribution in [0.15, 0.2) is 73.3 Å². The molecule has 0 heterocycles. The molecule has 0 atom stereocenters. The number of hydrogen-bond acceptors (Lipinski definition) is 2. The summed E-state index contributed by atoms with van der Waals surface area (Å²) in [6.07, 6.45) is 1.23. The maximum Gasteiger partial charge on any atom is 0.163 e. The first-order valence-electron chi connectivity index (χ1n) is 6.02. The Balaban J connectivity index is 2.54. The first kappa shape index (κ1) is 13.5. The molecule has 2 nitrogen and oxygen atoms in total. The van der Waals surface area contributed by atoms with E-state index in [2.05, 4.69) is 6.58 Å². The van der Waals surface area contributed by atoms with Crippen molar-refractivity contribution in [1.82, 2.24) is 0 Å². The molecule has 0 N–H and O–H groups in total. The molecule has 2 aromatic carbocycles. The molecule has 0 aliphatic rings. The quantitative estimate of drug-likeness (QED) is 0.618. The molecular weight excluding hydrogens is 255 g/mol. The third kappa shape index (κ3) is 2.91. The van der Waals surface area contributed by atoms with Gasteiger partial charge in [0.2, 0.25) is 0 Å². The average molecular weight is 270 g/mol. The van der Waals surface area contributed by atoms with E-state index in [1.54, 1.807) is 0 Å². The third-order valence-corrected chi connectivity index (χ3v) is 5.97. The molecule has 96 valence electrons. The van der Waals surface area contributed by atoms with Gasteiger partial charge in [-0.2, -0.15) is 0 Å². The lowest BCUT2D eigenvalue weighted by Crippen LogP contribution is -2.21. The van der Waals surface area contributed by atoms with Gasteiger partial charge in [0, 0.05) is 10.6 Å². The lowest BCUT2D eigenvalue weighted by atomic mass is 10.4. The predicted molar refractivity (Wildman–Crippen MR) is 79.8 cm³/mol. The number of ketones is 1. The topological polar surface area (TPSA) is 34.1 Å². The van der Waals surface area contributed by atoms with Crippen molar-refractivity contribution >= 4 is 23.5 Å². The van der Waals surface area contributed by atoms with Crippen LogP contribution in [0.3, 0.4) is 0 Å². The van der Waals surface area contributed by atoms with Gasteiger partial charge in [0.05, 0.1) is 6.16 Å². The Kier molecular flexibility index (Phi) is 4.13. The molecule has 0 aliphatic carbocycles.